The van der Waals surface area contributed by atoms with Crippen molar-refractivity contribution in [1.82, 2.24) is 5.32 Å². The Kier molecular flexibility index (Phi) is 4.90. The van der Waals surface area contributed by atoms with Gasteiger partial charge in [-0.15, -0.1) is 0 Å². The number of nitrogens with one attached hydrogen (secondary N) is 2. The predicted molar refractivity (Wildman–Crippen MR) is 77.4 cm³/mol. The molecule has 1 aromatic rings. The normalized spacial score (nSPS) is 18.9. The minimum atomic E-state index is -0.981. The number of carboxylic acids is 1. The quantitative estimate of drug-likeness (QED) is 0.732. The molecule has 3 N–H and O–H groups in total. The van der Waals surface area contributed by atoms with E-state index in [1.807, 2.05) is 0 Å². The Morgan fingerprint density at radius 1 is 1.25 bits per heavy atom. The Labute approximate surface area is 117 Å². The first-order valence-corrected chi connectivity index (χ1v) is 6.70. The summed E-state index contributed by atoms with van der Waals surface area (Å²) < 4.78 is 0. The van der Waals surface area contributed by atoms with Crippen LogP contribution in [0.5, 0.6) is 0 Å². The van der Waals surface area contributed by atoms with E-state index < -0.39 is 5.97 Å². The molecule has 106 valence electrons. The van der Waals surface area contributed by atoms with Crippen molar-refractivity contribution in [3.8, 4) is 0 Å². The molecule has 20 heavy (non-hydrogen) atoms. The highest BCUT2D eigenvalue weighted by molar-refractivity contribution is 5.95. The summed E-state index contributed by atoms with van der Waals surface area (Å²) in [4.78, 5) is 22.4. The first-order valence-electron chi connectivity index (χ1n) is 6.70. The third-order valence-electron chi connectivity index (χ3n) is 3.22. The van der Waals surface area contributed by atoms with E-state index in [4.69, 9.17) is 5.11 Å². The van der Waals surface area contributed by atoms with Gasteiger partial charge in [-0.25, -0.2) is 4.79 Å². The van der Waals surface area contributed by atoms with Gasteiger partial charge in [0, 0.05) is 11.8 Å². The Hall–Kier alpha value is -2.14. The lowest BCUT2D eigenvalue weighted by Crippen LogP contribution is -2.43. The van der Waals surface area contributed by atoms with E-state index in [0.29, 0.717) is 0 Å². The maximum Gasteiger partial charge on any atom is 0.328 e. The molecule has 0 aliphatic carbocycles. The van der Waals surface area contributed by atoms with Gasteiger partial charge < -0.3 is 15.7 Å². The van der Waals surface area contributed by atoms with Crippen molar-refractivity contribution >= 4 is 23.6 Å². The van der Waals surface area contributed by atoms with Gasteiger partial charge in [-0.05, 0) is 43.2 Å². The Morgan fingerprint density at radius 2 is 2.00 bits per heavy atom. The number of anilines is 1. The second-order valence-corrected chi connectivity index (χ2v) is 4.79. The predicted octanol–water partition coefficient (Wildman–Crippen LogP) is 1.86. The van der Waals surface area contributed by atoms with Gasteiger partial charge in [0.15, 0.2) is 0 Å². The first kappa shape index (κ1) is 14.3. The average molecular weight is 274 g/mol. The molecular formula is C15H18N2O3. The van der Waals surface area contributed by atoms with E-state index in [1.165, 1.54) is 6.08 Å². The molecule has 1 aliphatic heterocycles. The van der Waals surface area contributed by atoms with Crippen LogP contribution < -0.4 is 10.6 Å². The van der Waals surface area contributed by atoms with Crippen LogP contribution in [-0.4, -0.2) is 29.6 Å². The number of benzene rings is 1. The van der Waals surface area contributed by atoms with Crippen LogP contribution in [0.15, 0.2) is 30.3 Å². The molecule has 5 heteroatoms. The second kappa shape index (κ2) is 6.86. The number of carboxylic acid groups (broad SMARTS) is 1. The van der Waals surface area contributed by atoms with Gasteiger partial charge in [0.05, 0.1) is 6.04 Å². The molecule has 1 atom stereocenters. The lowest BCUT2D eigenvalue weighted by Gasteiger charge is -2.22. The molecule has 1 aliphatic rings. The van der Waals surface area contributed by atoms with Crippen LogP contribution in [0, 0.1) is 0 Å². The fourth-order valence-corrected chi connectivity index (χ4v) is 2.15. The fraction of sp³-hybridized carbons (Fsp3) is 0.333. The van der Waals surface area contributed by atoms with Crippen molar-refractivity contribution in [3.63, 3.8) is 0 Å². The van der Waals surface area contributed by atoms with Gasteiger partial charge >= 0.3 is 5.97 Å². The van der Waals surface area contributed by atoms with E-state index >= 15 is 0 Å². The molecule has 1 heterocycles. The van der Waals surface area contributed by atoms with E-state index in [-0.39, 0.29) is 11.9 Å². The summed E-state index contributed by atoms with van der Waals surface area (Å²) in [5.41, 5.74) is 1.50. The Balaban J connectivity index is 1.92. The standard InChI is InChI=1S/C15H18N2O3/c18-14(19)9-6-11-4-7-12(8-5-11)17-15(20)13-3-1-2-10-16-13/h4-9,13,16H,1-3,10H2,(H,17,20)(H,18,19)/b9-6+/t13-/m1/s1. The molecule has 0 radical (unpaired) electrons. The van der Waals surface area contributed by atoms with E-state index in [2.05, 4.69) is 10.6 Å². The first-order chi connectivity index (χ1) is 9.65. The average Bonchev–Trinajstić information content (AvgIpc) is 2.47. The van der Waals surface area contributed by atoms with E-state index in [0.717, 1.165) is 43.1 Å². The van der Waals surface area contributed by atoms with Crippen molar-refractivity contribution in [2.24, 2.45) is 0 Å². The number of carbonyl (C=O) groups excluding carboxylic acids is 1. The van der Waals surface area contributed by atoms with Crippen LogP contribution in [-0.2, 0) is 9.59 Å². The van der Waals surface area contributed by atoms with Crippen LogP contribution in [0.25, 0.3) is 6.08 Å². The molecule has 0 aromatic heterocycles. The fourth-order valence-electron chi connectivity index (χ4n) is 2.15. The molecule has 2 rings (SSSR count). The summed E-state index contributed by atoms with van der Waals surface area (Å²) in [6, 6.07) is 6.95. The number of carbonyl (C=O) groups is 2. The zero-order valence-corrected chi connectivity index (χ0v) is 11.1. The van der Waals surface area contributed by atoms with Gasteiger partial charge in [-0.1, -0.05) is 18.6 Å². The molecule has 5 nitrogen and oxygen atoms in total. The van der Waals surface area contributed by atoms with Gasteiger partial charge in [0.25, 0.3) is 0 Å². The van der Waals surface area contributed by atoms with Gasteiger partial charge in [-0.3, -0.25) is 4.79 Å². The molecule has 0 saturated carbocycles. The SMILES string of the molecule is O=C(O)/C=C/c1ccc(NC(=O)[C@H]2CCCCN2)cc1. The zero-order chi connectivity index (χ0) is 14.4. The third kappa shape index (κ3) is 4.20. The van der Waals surface area contributed by atoms with Crippen molar-refractivity contribution in [3.05, 3.63) is 35.9 Å². The van der Waals surface area contributed by atoms with Crippen LogP contribution in [0.1, 0.15) is 24.8 Å². The number of hydrogen-bond acceptors (Lipinski definition) is 3. The monoisotopic (exact) mass is 274 g/mol. The topological polar surface area (TPSA) is 78.4 Å². The number of aliphatic carboxylic acids is 1. The summed E-state index contributed by atoms with van der Waals surface area (Å²) >= 11 is 0. The summed E-state index contributed by atoms with van der Waals surface area (Å²) in [7, 11) is 0. The van der Waals surface area contributed by atoms with Crippen LogP contribution in [0.2, 0.25) is 0 Å². The number of hydrogen-bond donors (Lipinski definition) is 3. The molecular weight excluding hydrogens is 256 g/mol. The maximum absolute atomic E-state index is 12.0. The number of piperidine rings is 1. The maximum atomic E-state index is 12.0. The second-order valence-electron chi connectivity index (χ2n) is 4.79. The zero-order valence-electron chi connectivity index (χ0n) is 11.1. The molecule has 0 bridgehead atoms. The smallest absolute Gasteiger partial charge is 0.328 e. The van der Waals surface area contributed by atoms with Crippen LogP contribution in [0.3, 0.4) is 0 Å². The lowest BCUT2D eigenvalue weighted by atomic mass is 10.0. The van der Waals surface area contributed by atoms with Crippen molar-refractivity contribution in [2.75, 3.05) is 11.9 Å². The largest absolute Gasteiger partial charge is 0.478 e. The highest BCUT2D eigenvalue weighted by Gasteiger charge is 2.20. The molecule has 1 aromatic carbocycles. The minimum absolute atomic E-state index is 0.0153. The summed E-state index contributed by atoms with van der Waals surface area (Å²) in [5, 5.41) is 14.6. The summed E-state index contributed by atoms with van der Waals surface area (Å²) in [6.45, 7) is 0.886. The molecule has 0 unspecified atom stereocenters. The highest BCUT2D eigenvalue weighted by Crippen LogP contribution is 2.13. The lowest BCUT2D eigenvalue weighted by molar-refractivity contribution is -0.131. The third-order valence-corrected chi connectivity index (χ3v) is 3.22. The Morgan fingerprint density at radius 3 is 2.60 bits per heavy atom. The molecule has 1 saturated heterocycles. The summed E-state index contributed by atoms with van der Waals surface area (Å²) in [6.07, 6.45) is 5.65. The summed E-state index contributed by atoms with van der Waals surface area (Å²) in [5.74, 6) is -0.996. The van der Waals surface area contributed by atoms with Gasteiger partial charge in [-0.2, -0.15) is 0 Å². The molecule has 0 spiro atoms. The van der Waals surface area contributed by atoms with E-state index in [1.54, 1.807) is 24.3 Å². The van der Waals surface area contributed by atoms with Gasteiger partial charge in [0.1, 0.15) is 0 Å². The van der Waals surface area contributed by atoms with Gasteiger partial charge in [0.2, 0.25) is 5.91 Å². The molecule has 1 fully saturated rings. The molecule has 1 amide bonds. The minimum Gasteiger partial charge on any atom is -0.478 e. The van der Waals surface area contributed by atoms with Crippen molar-refractivity contribution in [2.45, 2.75) is 25.3 Å². The number of amides is 1. The van der Waals surface area contributed by atoms with Crippen LogP contribution in [0.4, 0.5) is 5.69 Å². The van der Waals surface area contributed by atoms with Crippen LogP contribution >= 0.6 is 0 Å². The highest BCUT2D eigenvalue weighted by atomic mass is 16.4. The number of rotatable bonds is 4. The van der Waals surface area contributed by atoms with Crippen molar-refractivity contribution < 1.29 is 14.7 Å². The van der Waals surface area contributed by atoms with Crippen molar-refractivity contribution in [1.29, 1.82) is 0 Å². The van der Waals surface area contributed by atoms with E-state index in [9.17, 15) is 9.59 Å². The Bertz CT molecular complexity index is 502.